The molecule has 0 fully saturated rings. The summed E-state index contributed by atoms with van der Waals surface area (Å²) >= 11 is 0. The molecule has 2 aromatic carbocycles. The van der Waals surface area contributed by atoms with Gasteiger partial charge in [0.05, 0.1) is 20.4 Å². The minimum absolute atomic E-state index is 0.111. The third-order valence-corrected chi connectivity index (χ3v) is 6.19. The van der Waals surface area contributed by atoms with Crippen molar-refractivity contribution in [3.8, 4) is 0 Å². The van der Waals surface area contributed by atoms with Gasteiger partial charge in [-0.1, -0.05) is 6.07 Å². The summed E-state index contributed by atoms with van der Waals surface area (Å²) < 4.78 is 57.4. The van der Waals surface area contributed by atoms with E-state index in [4.69, 9.17) is 5.73 Å². The second kappa shape index (κ2) is 6.47. The molecule has 1 amide bonds. The van der Waals surface area contributed by atoms with E-state index in [9.17, 15) is 26.2 Å². The van der Waals surface area contributed by atoms with Crippen molar-refractivity contribution in [2.75, 3.05) is 11.1 Å². The Morgan fingerprint density at radius 2 is 1.68 bits per heavy atom. The van der Waals surface area contributed by atoms with Gasteiger partial charge in [0.2, 0.25) is 15.7 Å². The van der Waals surface area contributed by atoms with E-state index < -0.39 is 24.9 Å². The van der Waals surface area contributed by atoms with Crippen molar-refractivity contribution in [1.82, 2.24) is 0 Å². The predicted octanol–water partition coefficient (Wildman–Crippen LogP) is 1.62. The number of hydrogen-bond donors (Lipinski definition) is 3. The number of rotatable bonds is 4. The lowest BCUT2D eigenvalue weighted by Crippen LogP contribution is -2.10. The van der Waals surface area contributed by atoms with Crippen LogP contribution in [-0.4, -0.2) is 27.3 Å². The number of benzene rings is 2. The van der Waals surface area contributed by atoms with Crippen molar-refractivity contribution >= 4 is 37.2 Å². The Morgan fingerprint density at radius 3 is 2.20 bits per heavy atom. The molecule has 0 spiro atoms. The molecular weight excluding hydrogens is 368 g/mol. The van der Waals surface area contributed by atoms with Gasteiger partial charge in [-0.15, -0.1) is 0 Å². The zero-order valence-electron chi connectivity index (χ0n) is 13.3. The average Bonchev–Trinajstić information content (AvgIpc) is 2.45. The molecule has 0 aliphatic heterocycles. The highest BCUT2D eigenvalue weighted by Crippen LogP contribution is 2.30. The molecule has 0 bridgehead atoms. The highest BCUT2D eigenvalue weighted by molar-refractivity contribution is 7.91. The second-order valence-electron chi connectivity index (χ2n) is 5.34. The van der Waals surface area contributed by atoms with Crippen molar-refractivity contribution in [1.29, 1.82) is 0 Å². The number of nitrogens with one attached hydrogen (secondary N) is 1. The van der Waals surface area contributed by atoms with E-state index in [0.29, 0.717) is 5.69 Å². The summed E-state index contributed by atoms with van der Waals surface area (Å²) in [7, 11) is -8.70. The van der Waals surface area contributed by atoms with Gasteiger partial charge >= 0.3 is 0 Å². The van der Waals surface area contributed by atoms with Crippen LogP contribution in [0.2, 0.25) is 0 Å². The Hall–Kier alpha value is -2.43. The normalized spacial score (nSPS) is 12.0. The highest BCUT2D eigenvalue weighted by atomic mass is 32.2. The molecule has 0 aliphatic rings. The Balaban J connectivity index is 2.58. The molecule has 8 nitrogen and oxygen atoms in total. The maximum Gasteiger partial charge on any atom is 0.294 e. The topological polar surface area (TPSA) is 144 Å². The van der Waals surface area contributed by atoms with E-state index in [1.54, 1.807) is 0 Å². The monoisotopic (exact) mass is 384 g/mol. The lowest BCUT2D eigenvalue weighted by atomic mass is 10.2. The number of nitrogen functional groups attached to an aromatic ring is 1. The number of carbonyl (C=O) groups is 1. The molecule has 0 saturated heterocycles. The van der Waals surface area contributed by atoms with Gasteiger partial charge < -0.3 is 11.1 Å². The van der Waals surface area contributed by atoms with Crippen molar-refractivity contribution in [3.05, 3.63) is 42.0 Å². The van der Waals surface area contributed by atoms with E-state index in [1.807, 2.05) is 0 Å². The lowest BCUT2D eigenvalue weighted by molar-refractivity contribution is -0.114. The van der Waals surface area contributed by atoms with Gasteiger partial charge in [0.1, 0.15) is 0 Å². The molecule has 25 heavy (non-hydrogen) atoms. The standard InChI is InChI=1S/C15H16N2O6S2/c1-9-3-5-12(8-15(9)25(21,22)23)24(19,20)14-6-4-11(7-13(14)16)17-10(2)18/h3-8H,16H2,1-2H3,(H,17,18)(H,21,22,23). The Bertz CT molecular complexity index is 1060. The van der Waals surface area contributed by atoms with Gasteiger partial charge in [0.15, 0.2) is 0 Å². The second-order valence-corrected chi connectivity index (χ2v) is 8.65. The zero-order valence-corrected chi connectivity index (χ0v) is 15.0. The van der Waals surface area contributed by atoms with Gasteiger partial charge in [-0.25, -0.2) is 8.42 Å². The number of carbonyl (C=O) groups excluding carboxylic acids is 1. The molecule has 0 heterocycles. The Kier molecular flexibility index (Phi) is 4.89. The summed E-state index contributed by atoms with van der Waals surface area (Å²) in [5.74, 6) is -0.341. The first-order chi connectivity index (χ1) is 11.4. The Labute approximate surface area is 145 Å². The van der Waals surface area contributed by atoms with Crippen LogP contribution in [0, 0.1) is 6.92 Å². The molecule has 0 unspecified atom stereocenters. The van der Waals surface area contributed by atoms with Crippen LogP contribution in [-0.2, 0) is 24.7 Å². The fraction of sp³-hybridized carbons (Fsp3) is 0.133. The molecule has 10 heteroatoms. The fourth-order valence-corrected chi connectivity index (χ4v) is 4.44. The lowest BCUT2D eigenvalue weighted by Gasteiger charge is -2.11. The first-order valence-electron chi connectivity index (χ1n) is 6.93. The number of sulfone groups is 1. The smallest absolute Gasteiger partial charge is 0.294 e. The summed E-state index contributed by atoms with van der Waals surface area (Å²) in [6.07, 6.45) is 0. The van der Waals surface area contributed by atoms with Gasteiger partial charge in [0.25, 0.3) is 10.1 Å². The van der Waals surface area contributed by atoms with Gasteiger partial charge in [-0.05, 0) is 42.8 Å². The molecule has 2 aromatic rings. The van der Waals surface area contributed by atoms with Crippen LogP contribution in [0.1, 0.15) is 12.5 Å². The van der Waals surface area contributed by atoms with Crippen molar-refractivity contribution in [2.24, 2.45) is 0 Å². The maximum atomic E-state index is 12.7. The van der Waals surface area contributed by atoms with Gasteiger partial charge in [0, 0.05) is 12.6 Å². The summed E-state index contributed by atoms with van der Waals surface area (Å²) in [5, 5.41) is 2.47. The first kappa shape index (κ1) is 18.9. The van der Waals surface area contributed by atoms with Crippen LogP contribution in [0.3, 0.4) is 0 Å². The van der Waals surface area contributed by atoms with E-state index in [-0.39, 0.29) is 26.9 Å². The molecule has 134 valence electrons. The van der Waals surface area contributed by atoms with Gasteiger partial charge in [-0.2, -0.15) is 8.42 Å². The van der Waals surface area contributed by atoms with Gasteiger partial charge in [-0.3, -0.25) is 9.35 Å². The minimum atomic E-state index is -4.57. The van der Waals surface area contributed by atoms with Crippen molar-refractivity contribution in [3.63, 3.8) is 0 Å². The number of amides is 1. The van der Waals surface area contributed by atoms with Crippen LogP contribution in [0.25, 0.3) is 0 Å². The molecule has 0 saturated carbocycles. The van der Waals surface area contributed by atoms with E-state index in [1.165, 1.54) is 44.2 Å². The SMILES string of the molecule is CC(=O)Nc1ccc(S(=O)(=O)c2ccc(C)c(S(=O)(=O)O)c2)c(N)c1. The minimum Gasteiger partial charge on any atom is -0.398 e. The molecule has 0 atom stereocenters. The molecule has 0 aromatic heterocycles. The fourth-order valence-electron chi connectivity index (χ4n) is 2.23. The molecule has 4 N–H and O–H groups in total. The highest BCUT2D eigenvalue weighted by Gasteiger charge is 2.24. The van der Waals surface area contributed by atoms with Crippen LogP contribution >= 0.6 is 0 Å². The summed E-state index contributed by atoms with van der Waals surface area (Å²) in [6.45, 7) is 2.72. The average molecular weight is 384 g/mol. The number of anilines is 2. The number of hydrogen-bond acceptors (Lipinski definition) is 6. The largest absolute Gasteiger partial charge is 0.398 e. The summed E-state index contributed by atoms with van der Waals surface area (Å²) in [6, 6.07) is 7.23. The number of aryl methyl sites for hydroxylation is 1. The summed E-state index contributed by atoms with van der Waals surface area (Å²) in [5.41, 5.74) is 6.19. The third kappa shape index (κ3) is 3.98. The molecule has 0 radical (unpaired) electrons. The first-order valence-corrected chi connectivity index (χ1v) is 9.85. The number of nitrogens with two attached hydrogens (primary N) is 1. The van der Waals surface area contributed by atoms with E-state index in [2.05, 4.69) is 5.32 Å². The predicted molar refractivity (Wildman–Crippen MR) is 91.6 cm³/mol. The maximum absolute atomic E-state index is 12.7. The van der Waals surface area contributed by atoms with Crippen LogP contribution in [0.4, 0.5) is 11.4 Å². The van der Waals surface area contributed by atoms with E-state index in [0.717, 1.165) is 6.07 Å². The van der Waals surface area contributed by atoms with Crippen molar-refractivity contribution in [2.45, 2.75) is 28.5 Å². The van der Waals surface area contributed by atoms with Crippen LogP contribution < -0.4 is 11.1 Å². The van der Waals surface area contributed by atoms with Crippen LogP contribution in [0.5, 0.6) is 0 Å². The quantitative estimate of drug-likeness (QED) is 0.536. The Morgan fingerprint density at radius 1 is 1.04 bits per heavy atom. The molecule has 0 aliphatic carbocycles. The third-order valence-electron chi connectivity index (χ3n) is 3.37. The summed E-state index contributed by atoms with van der Waals surface area (Å²) in [4.78, 5) is 9.97. The van der Waals surface area contributed by atoms with E-state index >= 15 is 0 Å². The molecule has 2 rings (SSSR count). The molecular formula is C15H16N2O6S2. The van der Waals surface area contributed by atoms with Crippen LogP contribution in [0.15, 0.2) is 51.1 Å². The zero-order chi connectivity index (χ0) is 19.0. The van der Waals surface area contributed by atoms with Crippen molar-refractivity contribution < 1.29 is 26.2 Å².